The number of Topliss-reactive ketones (excluding diaryl/α,β-unsaturated/α-hetero) is 1. The largest absolute Gasteiger partial charge is 0.486 e. The quantitative estimate of drug-likeness (QED) is 0.169. The van der Waals surface area contributed by atoms with Crippen LogP contribution in [0.15, 0.2) is 72.1 Å². The molecule has 2 heterocycles. The van der Waals surface area contributed by atoms with Gasteiger partial charge in [-0.3, -0.25) is 4.79 Å². The van der Waals surface area contributed by atoms with Crippen LogP contribution in [0.5, 0.6) is 5.75 Å². The molecule has 0 aliphatic rings. The lowest BCUT2D eigenvalue weighted by Gasteiger charge is -2.14. The summed E-state index contributed by atoms with van der Waals surface area (Å²) in [6, 6.07) is 20.6. The lowest BCUT2D eigenvalue weighted by atomic mass is 9.94. The van der Waals surface area contributed by atoms with Gasteiger partial charge in [-0.25, -0.2) is 14.8 Å². The molecule has 0 bridgehead atoms. The van der Waals surface area contributed by atoms with Crippen molar-refractivity contribution in [1.29, 1.82) is 0 Å². The van der Waals surface area contributed by atoms with Crippen LogP contribution in [0, 0.1) is 0 Å². The molecule has 7 nitrogen and oxygen atoms in total. The fourth-order valence-electron chi connectivity index (χ4n) is 4.86. The average molecular weight is 554 g/mol. The van der Waals surface area contributed by atoms with Crippen molar-refractivity contribution in [3.05, 3.63) is 99.4 Å². The third-order valence-corrected chi connectivity index (χ3v) is 8.00. The van der Waals surface area contributed by atoms with Gasteiger partial charge >= 0.3 is 5.97 Å². The summed E-state index contributed by atoms with van der Waals surface area (Å²) in [5.41, 5.74) is 6.02. The molecule has 40 heavy (non-hydrogen) atoms. The number of aromatic nitrogens is 3. The second-order valence-electron chi connectivity index (χ2n) is 9.78. The number of carboxylic acid groups (broad SMARTS) is 1. The standard InChI is InChI=1S/C32H31N3O4S/c1-4-22(5-2)25-12-15-27-29(16-25)35(17-21-6-8-23(9-7-21)20(3)36)31(34-27)28-19-40-30(33-28)18-39-26-13-10-24(11-14-26)32(37)38/h6-16,19,22H,4-5,17-18H2,1-3H3,(H,37,38). The molecule has 0 amide bonds. The van der Waals surface area contributed by atoms with Crippen LogP contribution in [-0.2, 0) is 13.2 Å². The van der Waals surface area contributed by atoms with E-state index in [9.17, 15) is 9.59 Å². The minimum atomic E-state index is -0.971. The molecule has 3 aromatic carbocycles. The van der Waals surface area contributed by atoms with Crippen LogP contribution in [0.2, 0.25) is 0 Å². The maximum atomic E-state index is 11.8. The number of thiazole rings is 1. The number of benzene rings is 3. The molecule has 0 aliphatic carbocycles. The van der Waals surface area contributed by atoms with E-state index in [2.05, 4.69) is 36.6 Å². The summed E-state index contributed by atoms with van der Waals surface area (Å²) in [5, 5.41) is 11.9. The van der Waals surface area contributed by atoms with Crippen molar-refractivity contribution in [2.45, 2.75) is 52.7 Å². The number of ketones is 1. The number of rotatable bonds is 11. The van der Waals surface area contributed by atoms with Gasteiger partial charge in [-0.05, 0) is 73.2 Å². The van der Waals surface area contributed by atoms with Gasteiger partial charge in [0.2, 0.25) is 0 Å². The second-order valence-corrected chi connectivity index (χ2v) is 10.7. The molecule has 8 heteroatoms. The van der Waals surface area contributed by atoms with Gasteiger partial charge in [-0.15, -0.1) is 11.3 Å². The maximum Gasteiger partial charge on any atom is 0.335 e. The normalized spacial score (nSPS) is 11.3. The van der Waals surface area contributed by atoms with Crippen LogP contribution in [0.3, 0.4) is 0 Å². The average Bonchev–Trinajstić information content (AvgIpc) is 3.58. The molecule has 0 fully saturated rings. The number of ether oxygens (including phenoxy) is 1. The van der Waals surface area contributed by atoms with Gasteiger partial charge in [0, 0.05) is 17.5 Å². The summed E-state index contributed by atoms with van der Waals surface area (Å²) in [4.78, 5) is 32.7. The number of aromatic carboxylic acids is 1. The molecular formula is C32H31N3O4S. The highest BCUT2D eigenvalue weighted by Gasteiger charge is 2.18. The third kappa shape index (κ3) is 5.82. The first-order chi connectivity index (χ1) is 19.4. The Kier molecular flexibility index (Phi) is 8.07. The van der Waals surface area contributed by atoms with Gasteiger partial charge < -0.3 is 14.4 Å². The molecule has 0 aliphatic heterocycles. The molecule has 5 rings (SSSR count). The molecular weight excluding hydrogens is 522 g/mol. The molecule has 0 radical (unpaired) electrons. The highest BCUT2D eigenvalue weighted by molar-refractivity contribution is 7.09. The van der Waals surface area contributed by atoms with Gasteiger partial charge in [-0.2, -0.15) is 0 Å². The first kappa shape index (κ1) is 27.3. The van der Waals surface area contributed by atoms with Crippen molar-refractivity contribution in [3.8, 4) is 17.3 Å². The fraction of sp³-hybridized carbons (Fsp3) is 0.250. The third-order valence-electron chi connectivity index (χ3n) is 7.17. The number of hydrogen-bond acceptors (Lipinski definition) is 6. The van der Waals surface area contributed by atoms with Gasteiger partial charge in [0.15, 0.2) is 11.6 Å². The number of hydrogen-bond donors (Lipinski definition) is 1. The predicted octanol–water partition coefficient (Wildman–Crippen LogP) is 7.59. The van der Waals surface area contributed by atoms with E-state index in [1.807, 2.05) is 29.6 Å². The SMILES string of the molecule is CCC(CC)c1ccc2nc(-c3csc(COc4ccc(C(=O)O)cc4)n3)n(Cc3ccc(C(C)=O)cc3)c2c1. The number of carbonyl (C=O) groups is 2. The van der Waals surface area contributed by atoms with E-state index in [0.717, 1.165) is 46.0 Å². The van der Waals surface area contributed by atoms with Crippen molar-refractivity contribution in [3.63, 3.8) is 0 Å². The number of carbonyl (C=O) groups excluding carboxylic acids is 1. The predicted molar refractivity (Wildman–Crippen MR) is 157 cm³/mol. The molecule has 2 aromatic heterocycles. The topological polar surface area (TPSA) is 94.3 Å². The maximum absolute atomic E-state index is 11.8. The van der Waals surface area contributed by atoms with Crippen molar-refractivity contribution in [2.75, 3.05) is 0 Å². The Hall–Kier alpha value is -4.30. The number of fused-ring (bicyclic) bond motifs is 1. The fourth-order valence-corrected chi connectivity index (χ4v) is 5.54. The molecule has 0 saturated carbocycles. The van der Waals surface area contributed by atoms with Gasteiger partial charge in [-0.1, -0.05) is 44.2 Å². The molecule has 0 saturated heterocycles. The Morgan fingerprint density at radius 3 is 2.30 bits per heavy atom. The zero-order chi connectivity index (χ0) is 28.2. The van der Waals surface area contributed by atoms with E-state index in [1.165, 1.54) is 29.0 Å². The summed E-state index contributed by atoms with van der Waals surface area (Å²) in [6.45, 7) is 6.87. The minimum absolute atomic E-state index is 0.0465. The van der Waals surface area contributed by atoms with Crippen LogP contribution in [0.4, 0.5) is 0 Å². The zero-order valence-corrected chi connectivity index (χ0v) is 23.6. The molecule has 0 atom stereocenters. The van der Waals surface area contributed by atoms with E-state index in [0.29, 0.717) is 23.8 Å². The summed E-state index contributed by atoms with van der Waals surface area (Å²) in [5.74, 6) is 0.919. The van der Waals surface area contributed by atoms with E-state index in [4.69, 9.17) is 19.8 Å². The zero-order valence-electron chi connectivity index (χ0n) is 22.8. The summed E-state index contributed by atoms with van der Waals surface area (Å²) in [7, 11) is 0. The van der Waals surface area contributed by atoms with E-state index < -0.39 is 5.97 Å². The Balaban J connectivity index is 1.47. The number of imidazole rings is 1. The molecule has 204 valence electrons. The van der Waals surface area contributed by atoms with Crippen LogP contribution in [-0.4, -0.2) is 31.4 Å². The van der Waals surface area contributed by atoms with E-state index >= 15 is 0 Å². The van der Waals surface area contributed by atoms with Gasteiger partial charge in [0.05, 0.1) is 16.6 Å². The number of nitrogens with zero attached hydrogens (tertiary/aromatic N) is 3. The number of carboxylic acids is 1. The van der Waals surface area contributed by atoms with E-state index in [1.54, 1.807) is 19.1 Å². The molecule has 0 spiro atoms. The van der Waals surface area contributed by atoms with Crippen LogP contribution in [0.1, 0.15) is 76.4 Å². The Bertz CT molecular complexity index is 1650. The lowest BCUT2D eigenvalue weighted by Crippen LogP contribution is -2.04. The second kappa shape index (κ2) is 11.8. The van der Waals surface area contributed by atoms with Crippen LogP contribution >= 0.6 is 11.3 Å². The highest BCUT2D eigenvalue weighted by Crippen LogP contribution is 2.31. The molecule has 1 N–H and O–H groups in total. The lowest BCUT2D eigenvalue weighted by molar-refractivity contribution is 0.0696. The van der Waals surface area contributed by atoms with Crippen molar-refractivity contribution < 1.29 is 19.4 Å². The Morgan fingerprint density at radius 1 is 0.950 bits per heavy atom. The van der Waals surface area contributed by atoms with Gasteiger partial charge in [0.1, 0.15) is 23.1 Å². The monoisotopic (exact) mass is 553 g/mol. The molecule has 5 aromatic rings. The van der Waals surface area contributed by atoms with Crippen molar-refractivity contribution in [1.82, 2.24) is 14.5 Å². The highest BCUT2D eigenvalue weighted by atomic mass is 32.1. The van der Waals surface area contributed by atoms with Crippen molar-refractivity contribution >= 4 is 34.1 Å². The summed E-state index contributed by atoms with van der Waals surface area (Å²) in [6.07, 6.45) is 2.15. The van der Waals surface area contributed by atoms with E-state index in [-0.39, 0.29) is 18.0 Å². The minimum Gasteiger partial charge on any atom is -0.486 e. The Labute approximate surface area is 237 Å². The Morgan fingerprint density at radius 2 is 1.65 bits per heavy atom. The summed E-state index contributed by atoms with van der Waals surface area (Å²) < 4.78 is 8.06. The van der Waals surface area contributed by atoms with Gasteiger partial charge in [0.25, 0.3) is 0 Å². The van der Waals surface area contributed by atoms with Crippen molar-refractivity contribution in [2.24, 2.45) is 0 Å². The smallest absolute Gasteiger partial charge is 0.335 e. The van der Waals surface area contributed by atoms with Crippen LogP contribution < -0.4 is 4.74 Å². The van der Waals surface area contributed by atoms with Crippen LogP contribution in [0.25, 0.3) is 22.6 Å². The summed E-state index contributed by atoms with van der Waals surface area (Å²) >= 11 is 1.50. The first-order valence-electron chi connectivity index (χ1n) is 13.4. The first-order valence-corrected chi connectivity index (χ1v) is 14.2. The molecule has 0 unspecified atom stereocenters.